The van der Waals surface area contributed by atoms with Gasteiger partial charge in [0.1, 0.15) is 0 Å². The molecule has 2 aliphatic heterocycles. The molecule has 1 saturated carbocycles. The first-order valence-electron chi connectivity index (χ1n) is 6.13. The summed E-state index contributed by atoms with van der Waals surface area (Å²) in [5.74, 6) is 0.979. The van der Waals surface area contributed by atoms with Crippen molar-refractivity contribution < 1.29 is 0 Å². The van der Waals surface area contributed by atoms with Crippen LogP contribution in [0.25, 0.3) is 0 Å². The van der Waals surface area contributed by atoms with Crippen LogP contribution in [-0.4, -0.2) is 29.6 Å². The highest BCUT2D eigenvalue weighted by Crippen LogP contribution is 2.35. The van der Waals surface area contributed by atoms with Gasteiger partial charge in [-0.1, -0.05) is 6.92 Å². The molecule has 3 rings (SSSR count). The van der Waals surface area contributed by atoms with Crippen LogP contribution in [0.4, 0.5) is 0 Å². The average molecular weight is 196 g/mol. The predicted octanol–water partition coefficient (Wildman–Crippen LogP) is 1.99. The van der Waals surface area contributed by atoms with Crippen LogP contribution in [0.3, 0.4) is 0 Å². The number of nitrogens with zero attached hydrogens (tertiary/aromatic N) is 1. The van der Waals surface area contributed by atoms with Gasteiger partial charge >= 0.3 is 0 Å². The van der Waals surface area contributed by atoms with Crippen LogP contribution in [0.15, 0.2) is 0 Å². The third-order valence-electron chi connectivity index (χ3n) is 4.20. The molecule has 0 aromatic carbocycles. The molecule has 2 heterocycles. The van der Waals surface area contributed by atoms with E-state index in [1.165, 1.54) is 32.2 Å². The lowest BCUT2D eigenvalue weighted by molar-refractivity contribution is 0.0327. The molecular formula is C12H24N2. The maximum atomic E-state index is 6.24. The molecule has 1 unspecified atom stereocenters. The smallest absolute Gasteiger partial charge is 0.0252 e. The first-order chi connectivity index (χ1) is 6.61. The quantitative estimate of drug-likeness (QED) is 0.748. The largest absolute Gasteiger partial charge is 0.324 e. The standard InChI is InChI=1S/C12H24N2/c1-3-12(2,13)9-14-8-10-4-6-11(14)7-5-10/h10-11H,3-9,13H2,1-2H3. The van der Waals surface area contributed by atoms with E-state index in [9.17, 15) is 0 Å². The van der Waals surface area contributed by atoms with Crippen molar-refractivity contribution >= 4 is 0 Å². The Hall–Kier alpha value is -0.0800. The summed E-state index contributed by atoms with van der Waals surface area (Å²) in [5.41, 5.74) is 6.26. The van der Waals surface area contributed by atoms with Gasteiger partial charge in [-0.05, 0) is 44.9 Å². The molecule has 2 nitrogen and oxygen atoms in total. The first-order valence-corrected chi connectivity index (χ1v) is 6.13. The lowest BCUT2D eigenvalue weighted by Gasteiger charge is -2.47. The molecule has 2 N–H and O–H groups in total. The third kappa shape index (κ3) is 2.12. The zero-order chi connectivity index (χ0) is 10.2. The SMILES string of the molecule is CCC(C)(N)CN1CC2CCC1CC2. The minimum atomic E-state index is 0.0253. The summed E-state index contributed by atoms with van der Waals surface area (Å²) in [4.78, 5) is 2.65. The summed E-state index contributed by atoms with van der Waals surface area (Å²) in [6.07, 6.45) is 6.86. The molecule has 0 radical (unpaired) electrons. The minimum Gasteiger partial charge on any atom is -0.324 e. The van der Waals surface area contributed by atoms with E-state index >= 15 is 0 Å². The normalized spacial score (nSPS) is 37.1. The Morgan fingerprint density at radius 1 is 1.29 bits per heavy atom. The molecule has 0 aromatic heterocycles. The van der Waals surface area contributed by atoms with Crippen LogP contribution in [0.5, 0.6) is 0 Å². The zero-order valence-electron chi connectivity index (χ0n) is 9.63. The highest BCUT2D eigenvalue weighted by molar-refractivity contribution is 4.92. The van der Waals surface area contributed by atoms with Crippen LogP contribution in [0, 0.1) is 5.92 Å². The molecule has 0 spiro atoms. The van der Waals surface area contributed by atoms with E-state index in [0.29, 0.717) is 0 Å². The Morgan fingerprint density at radius 2 is 1.93 bits per heavy atom. The summed E-state index contributed by atoms with van der Waals surface area (Å²) >= 11 is 0. The van der Waals surface area contributed by atoms with Crippen molar-refractivity contribution in [3.63, 3.8) is 0 Å². The Morgan fingerprint density at radius 3 is 2.36 bits per heavy atom. The lowest BCUT2D eigenvalue weighted by atomic mass is 9.79. The zero-order valence-corrected chi connectivity index (χ0v) is 9.63. The van der Waals surface area contributed by atoms with Gasteiger partial charge in [0.15, 0.2) is 0 Å². The monoisotopic (exact) mass is 196 g/mol. The molecule has 2 bridgehead atoms. The first kappa shape index (κ1) is 10.4. The van der Waals surface area contributed by atoms with Crippen LogP contribution in [0.1, 0.15) is 46.0 Å². The predicted molar refractivity (Wildman–Crippen MR) is 60.2 cm³/mol. The Balaban J connectivity index is 1.92. The van der Waals surface area contributed by atoms with Gasteiger partial charge in [0.2, 0.25) is 0 Å². The van der Waals surface area contributed by atoms with Crippen LogP contribution < -0.4 is 5.73 Å². The van der Waals surface area contributed by atoms with E-state index in [-0.39, 0.29) is 5.54 Å². The molecule has 0 aromatic rings. The van der Waals surface area contributed by atoms with Crippen molar-refractivity contribution in [1.29, 1.82) is 0 Å². The van der Waals surface area contributed by atoms with Gasteiger partial charge in [0.25, 0.3) is 0 Å². The fourth-order valence-electron chi connectivity index (χ4n) is 2.94. The molecule has 1 atom stereocenters. The van der Waals surface area contributed by atoms with Gasteiger partial charge in [-0.3, -0.25) is 4.90 Å². The van der Waals surface area contributed by atoms with Gasteiger partial charge in [0, 0.05) is 24.7 Å². The van der Waals surface area contributed by atoms with Gasteiger partial charge < -0.3 is 5.73 Å². The van der Waals surface area contributed by atoms with Gasteiger partial charge in [-0.15, -0.1) is 0 Å². The fraction of sp³-hybridized carbons (Fsp3) is 1.00. The van der Waals surface area contributed by atoms with Crippen LogP contribution in [-0.2, 0) is 0 Å². The Bertz CT molecular complexity index is 192. The van der Waals surface area contributed by atoms with E-state index < -0.39 is 0 Å². The van der Waals surface area contributed by atoms with Crippen LogP contribution >= 0.6 is 0 Å². The third-order valence-corrected chi connectivity index (χ3v) is 4.20. The van der Waals surface area contributed by atoms with E-state index in [1.54, 1.807) is 0 Å². The average Bonchev–Trinajstić information content (AvgIpc) is 2.19. The second-order valence-electron chi connectivity index (χ2n) is 5.61. The van der Waals surface area contributed by atoms with E-state index in [0.717, 1.165) is 24.9 Å². The van der Waals surface area contributed by atoms with Crippen molar-refractivity contribution in [3.05, 3.63) is 0 Å². The summed E-state index contributed by atoms with van der Waals surface area (Å²) in [7, 11) is 0. The number of hydrogen-bond acceptors (Lipinski definition) is 2. The maximum Gasteiger partial charge on any atom is 0.0252 e. The summed E-state index contributed by atoms with van der Waals surface area (Å²) in [6, 6.07) is 0.856. The number of nitrogens with two attached hydrogens (primary N) is 1. The summed E-state index contributed by atoms with van der Waals surface area (Å²) in [6.45, 7) is 6.81. The van der Waals surface area contributed by atoms with Gasteiger partial charge in [-0.25, -0.2) is 0 Å². The minimum absolute atomic E-state index is 0.0253. The molecule has 3 aliphatic rings. The fourth-order valence-corrected chi connectivity index (χ4v) is 2.94. The maximum absolute atomic E-state index is 6.24. The van der Waals surface area contributed by atoms with Crippen LogP contribution in [0.2, 0.25) is 0 Å². The molecule has 14 heavy (non-hydrogen) atoms. The molecule has 1 aliphatic carbocycles. The summed E-state index contributed by atoms with van der Waals surface area (Å²) in [5, 5.41) is 0. The van der Waals surface area contributed by atoms with E-state index in [4.69, 9.17) is 5.73 Å². The molecule has 0 amide bonds. The Kier molecular flexibility index (Phi) is 2.85. The molecule has 2 heteroatoms. The Labute approximate surface area is 87.8 Å². The molecule has 2 saturated heterocycles. The van der Waals surface area contributed by atoms with E-state index in [2.05, 4.69) is 18.7 Å². The highest BCUT2D eigenvalue weighted by Gasteiger charge is 2.35. The second-order valence-corrected chi connectivity index (χ2v) is 5.61. The van der Waals surface area contributed by atoms with Gasteiger partial charge in [-0.2, -0.15) is 0 Å². The van der Waals surface area contributed by atoms with E-state index in [1.807, 2.05) is 0 Å². The van der Waals surface area contributed by atoms with Crippen molar-refractivity contribution in [2.24, 2.45) is 11.7 Å². The number of piperidine rings is 2. The number of fused-ring (bicyclic) bond motifs is 3. The van der Waals surface area contributed by atoms with Crippen molar-refractivity contribution in [3.8, 4) is 0 Å². The van der Waals surface area contributed by atoms with Crippen molar-refractivity contribution in [2.75, 3.05) is 13.1 Å². The lowest BCUT2D eigenvalue weighted by Crippen LogP contribution is -2.55. The second kappa shape index (κ2) is 3.82. The van der Waals surface area contributed by atoms with Crippen molar-refractivity contribution in [1.82, 2.24) is 4.90 Å². The molecule has 82 valence electrons. The molecule has 3 fully saturated rings. The molecular weight excluding hydrogens is 172 g/mol. The van der Waals surface area contributed by atoms with Gasteiger partial charge in [0.05, 0.1) is 0 Å². The van der Waals surface area contributed by atoms with Crippen molar-refractivity contribution in [2.45, 2.75) is 57.5 Å². The summed E-state index contributed by atoms with van der Waals surface area (Å²) < 4.78 is 0. The highest BCUT2D eigenvalue weighted by atomic mass is 15.2. The number of rotatable bonds is 3. The topological polar surface area (TPSA) is 29.3 Å². The number of hydrogen-bond donors (Lipinski definition) is 1.